The molecule has 0 fully saturated rings. The molecule has 1 rings (SSSR count). The third-order valence-corrected chi connectivity index (χ3v) is 1.51. The van der Waals surface area contributed by atoms with E-state index < -0.39 is 17.4 Å². The molecule has 0 amide bonds. The Morgan fingerprint density at radius 1 is 1.46 bits per heavy atom. The Labute approximate surface area is 74.4 Å². The third-order valence-electron chi connectivity index (χ3n) is 1.51. The van der Waals surface area contributed by atoms with Gasteiger partial charge in [-0.05, 0) is 12.1 Å². The zero-order valence-electron chi connectivity index (χ0n) is 6.68. The van der Waals surface area contributed by atoms with Crippen molar-refractivity contribution in [2.75, 3.05) is 0 Å². The zero-order chi connectivity index (χ0) is 9.84. The maximum Gasteiger partial charge on any atom is 0.177 e. The van der Waals surface area contributed by atoms with Crippen molar-refractivity contribution in [1.82, 2.24) is 0 Å². The lowest BCUT2D eigenvalue weighted by Gasteiger charge is -1.99. The molecule has 0 unspecified atom stereocenters. The average Bonchev–Trinajstić information content (AvgIpc) is 2.10. The Kier molecular flexibility index (Phi) is 2.76. The number of hydrogen-bond donors (Lipinski definition) is 0. The standard InChI is InChI=1S/C10H6F2O/c1-2-4-9(13)7-5-3-6-8(11)10(7)12/h1,3,5-6H,4H2. The van der Waals surface area contributed by atoms with E-state index in [1.54, 1.807) is 0 Å². The van der Waals surface area contributed by atoms with Gasteiger partial charge in [-0.2, -0.15) is 0 Å². The minimum Gasteiger partial charge on any atom is -0.293 e. The Morgan fingerprint density at radius 2 is 2.15 bits per heavy atom. The molecule has 0 N–H and O–H groups in total. The maximum atomic E-state index is 12.9. The van der Waals surface area contributed by atoms with Crippen LogP contribution in [0, 0.1) is 24.0 Å². The number of carbonyl (C=O) groups is 1. The quantitative estimate of drug-likeness (QED) is 0.503. The summed E-state index contributed by atoms with van der Waals surface area (Å²) in [6.07, 6.45) is 4.65. The number of ketones is 1. The highest BCUT2D eigenvalue weighted by atomic mass is 19.2. The van der Waals surface area contributed by atoms with Gasteiger partial charge in [0, 0.05) is 0 Å². The first-order valence-electron chi connectivity index (χ1n) is 3.57. The van der Waals surface area contributed by atoms with E-state index in [1.807, 2.05) is 0 Å². The van der Waals surface area contributed by atoms with Gasteiger partial charge in [0.15, 0.2) is 17.4 Å². The van der Waals surface area contributed by atoms with Crippen LogP contribution in [0.25, 0.3) is 0 Å². The van der Waals surface area contributed by atoms with Crippen LogP contribution in [-0.2, 0) is 0 Å². The summed E-state index contributed by atoms with van der Waals surface area (Å²) in [7, 11) is 0. The Morgan fingerprint density at radius 3 is 2.77 bits per heavy atom. The first-order chi connectivity index (χ1) is 6.16. The summed E-state index contributed by atoms with van der Waals surface area (Å²) in [4.78, 5) is 11.1. The van der Waals surface area contributed by atoms with Crippen LogP contribution >= 0.6 is 0 Å². The number of hydrogen-bond acceptors (Lipinski definition) is 1. The van der Waals surface area contributed by atoms with E-state index in [4.69, 9.17) is 6.42 Å². The molecule has 0 aliphatic heterocycles. The molecule has 3 heteroatoms. The van der Waals surface area contributed by atoms with E-state index in [9.17, 15) is 13.6 Å². The number of rotatable bonds is 2. The van der Waals surface area contributed by atoms with Crippen LogP contribution in [0.5, 0.6) is 0 Å². The number of terminal acetylenes is 1. The second kappa shape index (κ2) is 3.81. The zero-order valence-corrected chi connectivity index (χ0v) is 6.68. The molecule has 0 heterocycles. The van der Waals surface area contributed by atoms with E-state index >= 15 is 0 Å². The number of Topliss-reactive ketones (excluding diaryl/α,β-unsaturated/α-hetero) is 1. The highest BCUT2D eigenvalue weighted by Crippen LogP contribution is 2.12. The fraction of sp³-hybridized carbons (Fsp3) is 0.100. The Bertz CT molecular complexity index is 377. The summed E-state index contributed by atoms with van der Waals surface area (Å²) in [6.45, 7) is 0. The van der Waals surface area contributed by atoms with E-state index in [0.717, 1.165) is 6.07 Å². The molecule has 1 aromatic rings. The third kappa shape index (κ3) is 1.91. The smallest absolute Gasteiger partial charge is 0.177 e. The Hall–Kier alpha value is -1.69. The van der Waals surface area contributed by atoms with Crippen molar-refractivity contribution < 1.29 is 13.6 Å². The molecular formula is C10H6F2O. The van der Waals surface area contributed by atoms with Crippen LogP contribution in [-0.4, -0.2) is 5.78 Å². The van der Waals surface area contributed by atoms with E-state index in [0.29, 0.717) is 0 Å². The van der Waals surface area contributed by atoms with E-state index in [1.165, 1.54) is 12.1 Å². The topological polar surface area (TPSA) is 17.1 Å². The molecule has 1 nitrogen and oxygen atoms in total. The molecule has 0 aliphatic carbocycles. The van der Waals surface area contributed by atoms with Crippen LogP contribution < -0.4 is 0 Å². The van der Waals surface area contributed by atoms with Crippen molar-refractivity contribution in [3.05, 3.63) is 35.4 Å². The maximum absolute atomic E-state index is 12.9. The molecule has 0 saturated heterocycles. The normalized spacial score (nSPS) is 9.31. The monoisotopic (exact) mass is 180 g/mol. The van der Waals surface area contributed by atoms with Crippen molar-refractivity contribution in [2.45, 2.75) is 6.42 Å². The Balaban J connectivity index is 3.09. The van der Waals surface area contributed by atoms with E-state index in [-0.39, 0.29) is 12.0 Å². The van der Waals surface area contributed by atoms with Crippen molar-refractivity contribution in [1.29, 1.82) is 0 Å². The first-order valence-corrected chi connectivity index (χ1v) is 3.57. The SMILES string of the molecule is C#CCC(=O)c1cccc(F)c1F. The summed E-state index contributed by atoms with van der Waals surface area (Å²) < 4.78 is 25.5. The molecule has 0 bridgehead atoms. The molecule has 0 radical (unpaired) electrons. The summed E-state index contributed by atoms with van der Waals surface area (Å²) >= 11 is 0. The summed E-state index contributed by atoms with van der Waals surface area (Å²) in [5.74, 6) is -0.685. The molecular weight excluding hydrogens is 174 g/mol. The van der Waals surface area contributed by atoms with Gasteiger partial charge in [0.1, 0.15) is 0 Å². The molecule has 0 atom stereocenters. The van der Waals surface area contributed by atoms with Crippen LogP contribution in [0.2, 0.25) is 0 Å². The van der Waals surface area contributed by atoms with Gasteiger partial charge in [-0.3, -0.25) is 4.79 Å². The molecule has 1 aromatic carbocycles. The lowest BCUT2D eigenvalue weighted by Crippen LogP contribution is -2.02. The predicted molar refractivity (Wildman–Crippen MR) is 44.1 cm³/mol. The van der Waals surface area contributed by atoms with Crippen molar-refractivity contribution in [3.63, 3.8) is 0 Å². The molecule has 0 aromatic heterocycles. The van der Waals surface area contributed by atoms with Crippen molar-refractivity contribution >= 4 is 5.78 Å². The summed E-state index contributed by atoms with van der Waals surface area (Å²) in [6, 6.07) is 3.42. The van der Waals surface area contributed by atoms with Crippen LogP contribution in [0.3, 0.4) is 0 Å². The molecule has 66 valence electrons. The highest BCUT2D eigenvalue weighted by Gasteiger charge is 2.13. The fourth-order valence-electron chi connectivity index (χ4n) is 0.907. The largest absolute Gasteiger partial charge is 0.293 e. The summed E-state index contributed by atoms with van der Waals surface area (Å²) in [5, 5.41) is 0. The first kappa shape index (κ1) is 9.40. The predicted octanol–water partition coefficient (Wildman–Crippen LogP) is 2.17. The van der Waals surface area contributed by atoms with Crippen molar-refractivity contribution in [3.8, 4) is 12.3 Å². The van der Waals surface area contributed by atoms with Crippen LogP contribution in [0.4, 0.5) is 8.78 Å². The van der Waals surface area contributed by atoms with Gasteiger partial charge in [-0.15, -0.1) is 6.42 Å². The second-order valence-electron chi connectivity index (χ2n) is 2.41. The van der Waals surface area contributed by atoms with Gasteiger partial charge in [-0.1, -0.05) is 12.0 Å². The number of halogens is 2. The number of benzene rings is 1. The minimum absolute atomic E-state index is 0.222. The van der Waals surface area contributed by atoms with Gasteiger partial charge >= 0.3 is 0 Å². The number of carbonyl (C=O) groups excluding carboxylic acids is 1. The second-order valence-corrected chi connectivity index (χ2v) is 2.41. The fourth-order valence-corrected chi connectivity index (χ4v) is 0.907. The molecule has 0 spiro atoms. The van der Waals surface area contributed by atoms with Crippen LogP contribution in [0.15, 0.2) is 18.2 Å². The van der Waals surface area contributed by atoms with Crippen LogP contribution in [0.1, 0.15) is 16.8 Å². The lowest BCUT2D eigenvalue weighted by molar-refractivity contribution is 0.0993. The van der Waals surface area contributed by atoms with Gasteiger partial charge in [-0.25, -0.2) is 8.78 Å². The van der Waals surface area contributed by atoms with Gasteiger partial charge in [0.05, 0.1) is 12.0 Å². The van der Waals surface area contributed by atoms with Gasteiger partial charge in [0.25, 0.3) is 0 Å². The van der Waals surface area contributed by atoms with Crippen molar-refractivity contribution in [2.24, 2.45) is 0 Å². The van der Waals surface area contributed by atoms with E-state index in [2.05, 4.69) is 5.92 Å². The van der Waals surface area contributed by atoms with Gasteiger partial charge < -0.3 is 0 Å². The average molecular weight is 180 g/mol. The highest BCUT2D eigenvalue weighted by molar-refractivity contribution is 5.97. The lowest BCUT2D eigenvalue weighted by atomic mass is 10.1. The molecule has 13 heavy (non-hydrogen) atoms. The van der Waals surface area contributed by atoms with Gasteiger partial charge in [0.2, 0.25) is 0 Å². The molecule has 0 saturated carbocycles. The summed E-state index contributed by atoms with van der Waals surface area (Å²) in [5.41, 5.74) is -0.294. The molecule has 0 aliphatic rings. The minimum atomic E-state index is -1.14.